The van der Waals surface area contributed by atoms with E-state index in [0.29, 0.717) is 18.1 Å². The molecule has 96 valence electrons. The molecular weight excluding hydrogens is 254 g/mol. The van der Waals surface area contributed by atoms with Crippen LogP contribution in [0.5, 0.6) is 5.75 Å². The second kappa shape index (κ2) is 4.05. The number of piperidine rings is 1. The minimum absolute atomic E-state index is 0.223. The molecule has 1 amide bonds. The number of ether oxygens (including phenoxy) is 1. The SMILES string of the molecule is O=C(O)N1CCC2(CC1)Cc1ccc(Cl)cc1O2. The van der Waals surface area contributed by atoms with Crippen molar-refractivity contribution in [1.29, 1.82) is 0 Å². The number of benzene rings is 1. The van der Waals surface area contributed by atoms with Crippen LogP contribution in [0.25, 0.3) is 0 Å². The topological polar surface area (TPSA) is 49.8 Å². The van der Waals surface area contributed by atoms with Crippen molar-refractivity contribution >= 4 is 17.7 Å². The Labute approximate surface area is 110 Å². The van der Waals surface area contributed by atoms with Crippen LogP contribution in [-0.2, 0) is 6.42 Å². The van der Waals surface area contributed by atoms with Gasteiger partial charge < -0.3 is 14.7 Å². The van der Waals surface area contributed by atoms with Gasteiger partial charge in [-0.1, -0.05) is 17.7 Å². The molecular formula is C13H14ClNO3. The lowest BCUT2D eigenvalue weighted by molar-refractivity contribution is 0.0224. The molecule has 2 heterocycles. The molecule has 0 atom stereocenters. The number of halogens is 1. The highest BCUT2D eigenvalue weighted by molar-refractivity contribution is 6.30. The average Bonchev–Trinajstić information content (AvgIpc) is 2.66. The summed E-state index contributed by atoms with van der Waals surface area (Å²) in [6.45, 7) is 1.08. The quantitative estimate of drug-likeness (QED) is 0.786. The number of amides is 1. The summed E-state index contributed by atoms with van der Waals surface area (Å²) in [5.41, 5.74) is 0.946. The molecule has 4 nitrogen and oxygen atoms in total. The number of hydrogen-bond donors (Lipinski definition) is 1. The van der Waals surface area contributed by atoms with Crippen LogP contribution in [0.1, 0.15) is 18.4 Å². The van der Waals surface area contributed by atoms with Gasteiger partial charge in [-0.2, -0.15) is 0 Å². The number of carboxylic acid groups (broad SMARTS) is 1. The number of likely N-dealkylation sites (tertiary alicyclic amines) is 1. The van der Waals surface area contributed by atoms with Gasteiger partial charge in [0, 0.05) is 37.4 Å². The Morgan fingerprint density at radius 2 is 2.11 bits per heavy atom. The zero-order valence-electron chi connectivity index (χ0n) is 9.86. The summed E-state index contributed by atoms with van der Waals surface area (Å²) in [7, 11) is 0. The molecule has 3 rings (SSSR count). The normalized spacial score (nSPS) is 20.6. The maximum atomic E-state index is 10.9. The Kier molecular flexibility index (Phi) is 2.63. The first-order valence-corrected chi connectivity index (χ1v) is 6.41. The lowest BCUT2D eigenvalue weighted by atomic mass is 9.87. The second-order valence-electron chi connectivity index (χ2n) is 4.98. The summed E-state index contributed by atoms with van der Waals surface area (Å²) < 4.78 is 6.04. The number of hydrogen-bond acceptors (Lipinski definition) is 2. The van der Waals surface area contributed by atoms with E-state index in [1.807, 2.05) is 18.2 Å². The maximum Gasteiger partial charge on any atom is 0.407 e. The highest BCUT2D eigenvalue weighted by Gasteiger charge is 2.42. The van der Waals surface area contributed by atoms with Crippen LogP contribution in [0.3, 0.4) is 0 Å². The fourth-order valence-corrected chi connectivity index (χ4v) is 2.93. The predicted molar refractivity (Wildman–Crippen MR) is 67.3 cm³/mol. The van der Waals surface area contributed by atoms with Gasteiger partial charge in [0.25, 0.3) is 0 Å². The summed E-state index contributed by atoms with van der Waals surface area (Å²) in [6.07, 6.45) is 1.49. The zero-order chi connectivity index (χ0) is 12.8. The Bertz CT molecular complexity index is 495. The van der Waals surface area contributed by atoms with Gasteiger partial charge in [0.15, 0.2) is 0 Å². The second-order valence-corrected chi connectivity index (χ2v) is 5.42. The van der Waals surface area contributed by atoms with E-state index in [0.717, 1.165) is 25.0 Å². The summed E-state index contributed by atoms with van der Waals surface area (Å²) in [5.74, 6) is 0.853. The molecule has 0 radical (unpaired) electrons. The molecule has 1 saturated heterocycles. The van der Waals surface area contributed by atoms with E-state index in [1.165, 1.54) is 10.5 Å². The Morgan fingerprint density at radius 1 is 1.39 bits per heavy atom. The van der Waals surface area contributed by atoms with Crippen LogP contribution in [0.2, 0.25) is 5.02 Å². The monoisotopic (exact) mass is 267 g/mol. The van der Waals surface area contributed by atoms with E-state index < -0.39 is 6.09 Å². The number of fused-ring (bicyclic) bond motifs is 1. The summed E-state index contributed by atoms with van der Waals surface area (Å²) >= 11 is 5.95. The van der Waals surface area contributed by atoms with Crippen LogP contribution in [0.4, 0.5) is 4.79 Å². The van der Waals surface area contributed by atoms with Gasteiger partial charge >= 0.3 is 6.09 Å². The highest BCUT2D eigenvalue weighted by Crippen LogP contribution is 2.41. The fourth-order valence-electron chi connectivity index (χ4n) is 2.77. The predicted octanol–water partition coefficient (Wildman–Crippen LogP) is 2.79. The van der Waals surface area contributed by atoms with Crippen molar-refractivity contribution in [3.05, 3.63) is 28.8 Å². The Morgan fingerprint density at radius 3 is 2.78 bits per heavy atom. The molecule has 2 aliphatic heterocycles. The lowest BCUT2D eigenvalue weighted by Gasteiger charge is -2.37. The lowest BCUT2D eigenvalue weighted by Crippen LogP contribution is -2.48. The molecule has 0 bridgehead atoms. The smallest absolute Gasteiger partial charge is 0.407 e. The molecule has 2 aliphatic rings. The third-order valence-electron chi connectivity index (χ3n) is 3.81. The molecule has 18 heavy (non-hydrogen) atoms. The van der Waals surface area contributed by atoms with Gasteiger partial charge in [0.05, 0.1) is 0 Å². The third kappa shape index (κ3) is 1.90. The highest BCUT2D eigenvalue weighted by atomic mass is 35.5. The van der Waals surface area contributed by atoms with Gasteiger partial charge in [-0.15, -0.1) is 0 Å². The van der Waals surface area contributed by atoms with E-state index >= 15 is 0 Å². The molecule has 0 unspecified atom stereocenters. The maximum absolute atomic E-state index is 10.9. The van der Waals surface area contributed by atoms with Crippen LogP contribution < -0.4 is 4.74 Å². The van der Waals surface area contributed by atoms with Crippen LogP contribution >= 0.6 is 11.6 Å². The van der Waals surface area contributed by atoms with Gasteiger partial charge in [-0.25, -0.2) is 4.79 Å². The van der Waals surface area contributed by atoms with Crippen LogP contribution in [-0.4, -0.2) is 34.8 Å². The van der Waals surface area contributed by atoms with Crippen molar-refractivity contribution in [2.45, 2.75) is 24.9 Å². The van der Waals surface area contributed by atoms with Gasteiger partial charge in [-0.05, 0) is 17.7 Å². The minimum atomic E-state index is -0.844. The number of nitrogens with zero attached hydrogens (tertiary/aromatic N) is 1. The fraction of sp³-hybridized carbons (Fsp3) is 0.462. The van der Waals surface area contributed by atoms with E-state index in [2.05, 4.69) is 0 Å². The Balaban J connectivity index is 1.76. The van der Waals surface area contributed by atoms with E-state index in [4.69, 9.17) is 21.4 Å². The molecule has 1 spiro atoms. The molecule has 0 saturated carbocycles. The summed E-state index contributed by atoms with van der Waals surface area (Å²) in [6, 6.07) is 5.71. The van der Waals surface area contributed by atoms with E-state index in [9.17, 15) is 4.79 Å². The number of rotatable bonds is 0. The molecule has 1 aromatic carbocycles. The first-order valence-electron chi connectivity index (χ1n) is 6.03. The Hall–Kier alpha value is -1.42. The van der Waals surface area contributed by atoms with Crippen molar-refractivity contribution in [2.24, 2.45) is 0 Å². The molecule has 0 aromatic heterocycles. The van der Waals surface area contributed by atoms with Crippen LogP contribution in [0, 0.1) is 0 Å². The molecule has 1 N–H and O–H groups in total. The summed E-state index contributed by atoms with van der Waals surface area (Å²) in [5, 5.41) is 9.62. The van der Waals surface area contributed by atoms with E-state index in [-0.39, 0.29) is 5.60 Å². The van der Waals surface area contributed by atoms with Crippen LogP contribution in [0.15, 0.2) is 18.2 Å². The van der Waals surface area contributed by atoms with Gasteiger partial charge in [0.1, 0.15) is 11.4 Å². The third-order valence-corrected chi connectivity index (χ3v) is 4.05. The van der Waals surface area contributed by atoms with Crippen molar-refractivity contribution in [1.82, 2.24) is 4.90 Å². The van der Waals surface area contributed by atoms with E-state index in [1.54, 1.807) is 0 Å². The summed E-state index contributed by atoms with van der Waals surface area (Å²) in [4.78, 5) is 12.3. The molecule has 1 fully saturated rings. The van der Waals surface area contributed by atoms with Crippen molar-refractivity contribution < 1.29 is 14.6 Å². The van der Waals surface area contributed by atoms with Gasteiger partial charge in [0.2, 0.25) is 0 Å². The number of carbonyl (C=O) groups is 1. The molecule has 1 aromatic rings. The van der Waals surface area contributed by atoms with Crippen molar-refractivity contribution in [3.8, 4) is 5.75 Å². The zero-order valence-corrected chi connectivity index (χ0v) is 10.6. The minimum Gasteiger partial charge on any atom is -0.486 e. The first-order chi connectivity index (χ1) is 8.58. The standard InChI is InChI=1S/C13H14ClNO3/c14-10-2-1-9-8-13(18-11(9)7-10)3-5-15(6-4-13)12(16)17/h1-2,7H,3-6,8H2,(H,16,17). The first kappa shape index (κ1) is 11.7. The average molecular weight is 268 g/mol. The van der Waals surface area contributed by atoms with Crippen molar-refractivity contribution in [3.63, 3.8) is 0 Å². The van der Waals surface area contributed by atoms with Gasteiger partial charge in [-0.3, -0.25) is 0 Å². The molecule has 0 aliphatic carbocycles. The molecule has 5 heteroatoms. The van der Waals surface area contributed by atoms with Crippen molar-refractivity contribution in [2.75, 3.05) is 13.1 Å². The largest absolute Gasteiger partial charge is 0.486 e.